The molecule has 86 valence electrons. The molecule has 5 nitrogen and oxygen atoms in total. The van der Waals surface area contributed by atoms with Crippen LogP contribution in [0.3, 0.4) is 0 Å². The van der Waals surface area contributed by atoms with Crippen molar-refractivity contribution in [1.29, 1.82) is 0 Å². The number of carbonyl (C=O) groups is 1. The van der Waals surface area contributed by atoms with Gasteiger partial charge in [0, 0.05) is 12.5 Å². The van der Waals surface area contributed by atoms with E-state index in [4.69, 9.17) is 16.9 Å². The summed E-state index contributed by atoms with van der Waals surface area (Å²) in [4.78, 5) is 17.0. The van der Waals surface area contributed by atoms with E-state index in [0.29, 0.717) is 19.0 Å². The van der Waals surface area contributed by atoms with Crippen molar-refractivity contribution in [2.45, 2.75) is 18.9 Å². The van der Waals surface area contributed by atoms with Crippen molar-refractivity contribution >= 4 is 11.9 Å². The van der Waals surface area contributed by atoms with Gasteiger partial charge in [-0.05, 0) is 13.3 Å². The Morgan fingerprint density at radius 1 is 1.81 bits per heavy atom. The molecular formula is C11H15N3O2. The Labute approximate surface area is 94.6 Å². The molecule has 2 aliphatic rings. The monoisotopic (exact) mass is 221 g/mol. The van der Waals surface area contributed by atoms with Gasteiger partial charge in [0.25, 0.3) is 0 Å². The van der Waals surface area contributed by atoms with Gasteiger partial charge in [0.05, 0.1) is 13.2 Å². The molecule has 0 radical (unpaired) electrons. The molecule has 0 spiro atoms. The molecule has 1 saturated heterocycles. The lowest BCUT2D eigenvalue weighted by atomic mass is 9.83. The van der Waals surface area contributed by atoms with Gasteiger partial charge in [-0.1, -0.05) is 5.92 Å². The predicted octanol–water partition coefficient (Wildman–Crippen LogP) is 0.208. The fourth-order valence-corrected chi connectivity index (χ4v) is 2.34. The van der Waals surface area contributed by atoms with Crippen molar-refractivity contribution in [3.05, 3.63) is 0 Å². The molecule has 0 aromatic carbocycles. The number of nitrogens with zero attached hydrogens (tertiary/aromatic N) is 2. The van der Waals surface area contributed by atoms with E-state index < -0.39 is 5.54 Å². The molecule has 2 N–H and O–H groups in total. The van der Waals surface area contributed by atoms with Crippen molar-refractivity contribution in [2.75, 3.05) is 19.8 Å². The minimum absolute atomic E-state index is 0.177. The van der Waals surface area contributed by atoms with E-state index in [9.17, 15) is 4.79 Å². The second-order valence-corrected chi connectivity index (χ2v) is 4.28. The molecule has 2 heterocycles. The van der Waals surface area contributed by atoms with Crippen LogP contribution < -0.4 is 5.73 Å². The third-order valence-corrected chi connectivity index (χ3v) is 3.50. The molecule has 2 atom stereocenters. The summed E-state index contributed by atoms with van der Waals surface area (Å²) in [5, 5.41) is 0. The Kier molecular flexibility index (Phi) is 2.60. The molecule has 0 saturated carbocycles. The number of amides is 2. The van der Waals surface area contributed by atoms with Crippen LogP contribution in [-0.4, -0.2) is 42.1 Å². The van der Waals surface area contributed by atoms with E-state index in [-0.39, 0.29) is 18.5 Å². The summed E-state index contributed by atoms with van der Waals surface area (Å²) in [6, 6.07) is -0.343. The molecule has 2 rings (SSSR count). The summed E-state index contributed by atoms with van der Waals surface area (Å²) in [6.45, 7) is 3.44. The van der Waals surface area contributed by atoms with E-state index in [1.165, 1.54) is 0 Å². The maximum atomic E-state index is 11.7. The molecule has 0 aromatic heterocycles. The van der Waals surface area contributed by atoms with Crippen LogP contribution in [0.25, 0.3) is 0 Å². The first-order valence-corrected chi connectivity index (χ1v) is 5.28. The van der Waals surface area contributed by atoms with Crippen molar-refractivity contribution < 1.29 is 9.53 Å². The number of ether oxygens (including phenoxy) is 1. The Hall–Kier alpha value is -1.54. The molecule has 1 fully saturated rings. The first-order chi connectivity index (χ1) is 7.60. The Morgan fingerprint density at radius 3 is 3.12 bits per heavy atom. The smallest absolute Gasteiger partial charge is 0.346 e. The van der Waals surface area contributed by atoms with Gasteiger partial charge in [0.1, 0.15) is 11.4 Å². The fourth-order valence-electron chi connectivity index (χ4n) is 2.34. The molecule has 2 unspecified atom stereocenters. The van der Waals surface area contributed by atoms with Gasteiger partial charge in [-0.25, -0.2) is 4.79 Å². The first kappa shape index (κ1) is 11.0. The number of carbonyl (C=O) groups excluding carboxylic acids is 1. The Morgan fingerprint density at radius 2 is 2.56 bits per heavy atom. The van der Waals surface area contributed by atoms with Gasteiger partial charge in [0.15, 0.2) is 0 Å². The molecule has 2 aliphatic heterocycles. The number of amidine groups is 1. The minimum Gasteiger partial charge on any atom is -0.385 e. The van der Waals surface area contributed by atoms with Gasteiger partial charge >= 0.3 is 6.03 Å². The Balaban J connectivity index is 2.31. The van der Waals surface area contributed by atoms with Crippen LogP contribution in [0.1, 0.15) is 13.3 Å². The number of terminal acetylenes is 1. The lowest BCUT2D eigenvalue weighted by molar-refractivity contribution is 0.128. The van der Waals surface area contributed by atoms with Crippen LogP contribution in [0.15, 0.2) is 4.99 Å². The minimum atomic E-state index is -0.583. The molecule has 5 heteroatoms. The number of hydrogen-bond donors (Lipinski definition) is 1. The highest BCUT2D eigenvalue weighted by Gasteiger charge is 2.50. The molecule has 0 aliphatic carbocycles. The zero-order chi connectivity index (χ0) is 11.8. The number of hydrogen-bond acceptors (Lipinski definition) is 3. The zero-order valence-corrected chi connectivity index (χ0v) is 9.27. The van der Waals surface area contributed by atoms with E-state index in [0.717, 1.165) is 6.42 Å². The molecule has 2 amide bonds. The highest BCUT2D eigenvalue weighted by Crippen LogP contribution is 2.35. The van der Waals surface area contributed by atoms with Gasteiger partial charge in [-0.15, -0.1) is 6.42 Å². The van der Waals surface area contributed by atoms with Gasteiger partial charge < -0.3 is 10.5 Å². The SMILES string of the molecule is C#CCN1C(=O)N=C(N)C1(C)C1CCOC1. The van der Waals surface area contributed by atoms with E-state index in [1.807, 2.05) is 6.92 Å². The van der Waals surface area contributed by atoms with Gasteiger partial charge in [0.2, 0.25) is 0 Å². The Bertz CT molecular complexity index is 379. The van der Waals surface area contributed by atoms with Gasteiger partial charge in [-0.3, -0.25) is 4.90 Å². The third kappa shape index (κ3) is 1.38. The number of rotatable bonds is 2. The van der Waals surface area contributed by atoms with Crippen LogP contribution in [0, 0.1) is 18.3 Å². The van der Waals surface area contributed by atoms with Crippen LogP contribution in [0.4, 0.5) is 4.79 Å². The topological polar surface area (TPSA) is 67.9 Å². The second kappa shape index (κ2) is 3.80. The highest BCUT2D eigenvalue weighted by atomic mass is 16.5. The van der Waals surface area contributed by atoms with E-state index in [1.54, 1.807) is 4.90 Å². The summed E-state index contributed by atoms with van der Waals surface area (Å²) in [6.07, 6.45) is 6.14. The standard InChI is InChI=1S/C11H15N3O2/c1-3-5-14-10(15)13-9(12)11(14,2)8-4-6-16-7-8/h1,8H,4-7H2,2H3,(H2,12,13,15). The van der Waals surface area contributed by atoms with E-state index >= 15 is 0 Å². The van der Waals surface area contributed by atoms with Crippen molar-refractivity contribution in [3.63, 3.8) is 0 Å². The van der Waals surface area contributed by atoms with Crippen molar-refractivity contribution in [1.82, 2.24) is 4.90 Å². The molecular weight excluding hydrogens is 206 g/mol. The predicted molar refractivity (Wildman–Crippen MR) is 59.9 cm³/mol. The average molecular weight is 221 g/mol. The number of urea groups is 1. The quantitative estimate of drug-likeness (QED) is 0.678. The summed E-state index contributed by atoms with van der Waals surface area (Å²) < 4.78 is 5.34. The summed E-state index contributed by atoms with van der Waals surface area (Å²) in [7, 11) is 0. The van der Waals surface area contributed by atoms with Crippen LogP contribution >= 0.6 is 0 Å². The molecule has 0 aromatic rings. The lowest BCUT2D eigenvalue weighted by Gasteiger charge is -2.37. The molecule has 16 heavy (non-hydrogen) atoms. The maximum absolute atomic E-state index is 11.7. The van der Waals surface area contributed by atoms with Crippen LogP contribution in [0.5, 0.6) is 0 Å². The zero-order valence-electron chi connectivity index (χ0n) is 9.27. The fraction of sp³-hybridized carbons (Fsp3) is 0.636. The van der Waals surface area contributed by atoms with Crippen molar-refractivity contribution in [2.24, 2.45) is 16.6 Å². The van der Waals surface area contributed by atoms with Crippen LogP contribution in [0.2, 0.25) is 0 Å². The number of aliphatic imine (C=N–C) groups is 1. The number of nitrogens with two attached hydrogens (primary N) is 1. The average Bonchev–Trinajstić information content (AvgIpc) is 2.83. The van der Waals surface area contributed by atoms with E-state index in [2.05, 4.69) is 10.9 Å². The normalized spacial score (nSPS) is 34.0. The van der Waals surface area contributed by atoms with Crippen LogP contribution in [-0.2, 0) is 4.74 Å². The summed E-state index contributed by atoms with van der Waals surface area (Å²) in [5.74, 6) is 3.00. The largest absolute Gasteiger partial charge is 0.385 e. The first-order valence-electron chi connectivity index (χ1n) is 5.28. The molecule has 0 bridgehead atoms. The third-order valence-electron chi connectivity index (χ3n) is 3.50. The highest BCUT2D eigenvalue weighted by molar-refractivity contribution is 6.05. The summed E-state index contributed by atoms with van der Waals surface area (Å²) in [5.41, 5.74) is 5.28. The summed E-state index contributed by atoms with van der Waals surface area (Å²) >= 11 is 0. The maximum Gasteiger partial charge on any atom is 0.346 e. The lowest BCUT2D eigenvalue weighted by Crippen LogP contribution is -2.57. The van der Waals surface area contributed by atoms with Gasteiger partial charge in [-0.2, -0.15) is 4.99 Å². The second-order valence-electron chi connectivity index (χ2n) is 4.28. The van der Waals surface area contributed by atoms with Crippen molar-refractivity contribution in [3.8, 4) is 12.3 Å².